The quantitative estimate of drug-likeness (QED) is 0.703. The van der Waals surface area contributed by atoms with Crippen molar-refractivity contribution < 1.29 is 22.7 Å². The predicted octanol–water partition coefficient (Wildman–Crippen LogP) is 5.38. The lowest BCUT2D eigenvalue weighted by Crippen LogP contribution is -2.33. The van der Waals surface area contributed by atoms with Gasteiger partial charge >= 0.3 is 6.36 Å². The number of nitrogens with zero attached hydrogens (tertiary/aromatic N) is 1. The number of hydrogen-bond donors (Lipinski definition) is 1. The Kier molecular flexibility index (Phi) is 6.00. The van der Waals surface area contributed by atoms with E-state index in [-0.39, 0.29) is 17.1 Å². The summed E-state index contributed by atoms with van der Waals surface area (Å²) in [5.41, 5.74) is 11.3. The number of nitrogens with two attached hydrogens (primary N) is 1. The summed E-state index contributed by atoms with van der Waals surface area (Å²) in [5, 5.41) is 0. The van der Waals surface area contributed by atoms with Gasteiger partial charge in [0.05, 0.1) is 5.92 Å². The summed E-state index contributed by atoms with van der Waals surface area (Å²) >= 11 is 0. The molecular formula is C24H29F3N2O2. The summed E-state index contributed by atoms with van der Waals surface area (Å²) in [5.74, 6) is -0.915. The molecule has 0 spiro atoms. The fourth-order valence-electron chi connectivity index (χ4n) is 4.54. The molecule has 1 aliphatic heterocycles. The van der Waals surface area contributed by atoms with E-state index in [9.17, 15) is 18.0 Å². The fourth-order valence-corrected chi connectivity index (χ4v) is 4.54. The summed E-state index contributed by atoms with van der Waals surface area (Å²) in [4.78, 5) is 14.4. The van der Waals surface area contributed by atoms with Gasteiger partial charge in [-0.05, 0) is 77.8 Å². The Morgan fingerprint density at radius 2 is 1.68 bits per heavy atom. The Bertz CT molecular complexity index is 970. The molecule has 1 aliphatic rings. The maximum atomic E-state index is 12.5. The van der Waals surface area contributed by atoms with Crippen LogP contribution >= 0.6 is 0 Å². The molecule has 0 fully saturated rings. The number of carbonyl (C=O) groups excluding carboxylic acids is 1. The molecule has 0 aliphatic carbocycles. The molecular weight excluding hydrogens is 405 g/mol. The normalized spacial score (nSPS) is 15.4. The first-order valence-electron chi connectivity index (χ1n) is 10.3. The number of amides is 1. The van der Waals surface area contributed by atoms with Gasteiger partial charge in [0.2, 0.25) is 5.91 Å². The van der Waals surface area contributed by atoms with Crippen molar-refractivity contribution >= 4 is 11.6 Å². The molecule has 31 heavy (non-hydrogen) atoms. The average Bonchev–Trinajstić information content (AvgIpc) is 2.61. The van der Waals surface area contributed by atoms with Gasteiger partial charge in [0.1, 0.15) is 5.75 Å². The van der Waals surface area contributed by atoms with Crippen molar-refractivity contribution in [1.82, 2.24) is 0 Å². The standard InChI is InChI=1S/C24H29F3N2O2/c1-14-10-18(11-15(2)20(14)21(22(28)30)23(3,4)5)29-9-8-16-12-19(31-24(25,26)27)7-6-17(16)13-29/h6-7,10-12,21H,8-9,13H2,1-5H3,(H2,28,30). The highest BCUT2D eigenvalue weighted by molar-refractivity contribution is 5.84. The molecule has 168 valence electrons. The number of fused-ring (bicyclic) bond motifs is 1. The van der Waals surface area contributed by atoms with E-state index in [1.807, 2.05) is 34.6 Å². The van der Waals surface area contributed by atoms with Gasteiger partial charge in [-0.25, -0.2) is 0 Å². The van der Waals surface area contributed by atoms with E-state index in [0.717, 1.165) is 33.5 Å². The number of anilines is 1. The molecule has 3 rings (SSSR count). The Morgan fingerprint density at radius 3 is 2.19 bits per heavy atom. The highest BCUT2D eigenvalue weighted by atomic mass is 19.4. The summed E-state index contributed by atoms with van der Waals surface area (Å²) in [6, 6.07) is 8.66. The van der Waals surface area contributed by atoms with Gasteiger partial charge in [0.25, 0.3) is 0 Å². The number of hydrogen-bond acceptors (Lipinski definition) is 3. The number of aryl methyl sites for hydroxylation is 2. The molecule has 2 aromatic carbocycles. The van der Waals surface area contributed by atoms with Gasteiger partial charge in [0.15, 0.2) is 0 Å². The summed E-state index contributed by atoms with van der Waals surface area (Å²) in [7, 11) is 0. The second-order valence-electron chi connectivity index (χ2n) is 9.34. The first-order valence-corrected chi connectivity index (χ1v) is 10.3. The van der Waals surface area contributed by atoms with Crippen LogP contribution in [0.5, 0.6) is 5.75 Å². The Morgan fingerprint density at radius 1 is 1.06 bits per heavy atom. The van der Waals surface area contributed by atoms with E-state index in [1.165, 1.54) is 12.1 Å². The van der Waals surface area contributed by atoms with Crippen LogP contribution in [-0.4, -0.2) is 18.8 Å². The highest BCUT2D eigenvalue weighted by Gasteiger charge is 2.34. The van der Waals surface area contributed by atoms with Crippen LogP contribution in [0.2, 0.25) is 0 Å². The molecule has 0 radical (unpaired) electrons. The third kappa shape index (κ3) is 5.14. The largest absolute Gasteiger partial charge is 0.573 e. The lowest BCUT2D eigenvalue weighted by Gasteiger charge is -2.34. The van der Waals surface area contributed by atoms with E-state index >= 15 is 0 Å². The van der Waals surface area contributed by atoms with E-state index < -0.39 is 12.3 Å². The van der Waals surface area contributed by atoms with Crippen molar-refractivity contribution in [3.05, 3.63) is 58.1 Å². The zero-order chi connectivity index (χ0) is 23.1. The van der Waals surface area contributed by atoms with E-state index in [1.54, 1.807) is 6.07 Å². The zero-order valence-corrected chi connectivity index (χ0v) is 18.6. The molecule has 2 N–H and O–H groups in total. The van der Waals surface area contributed by atoms with Gasteiger partial charge in [-0.15, -0.1) is 13.2 Å². The highest BCUT2D eigenvalue weighted by Crippen LogP contribution is 2.40. The van der Waals surface area contributed by atoms with Gasteiger partial charge in [-0.1, -0.05) is 26.8 Å². The first kappa shape index (κ1) is 23.0. The van der Waals surface area contributed by atoms with Gasteiger partial charge < -0.3 is 15.4 Å². The molecule has 4 nitrogen and oxygen atoms in total. The molecule has 0 aromatic heterocycles. The minimum absolute atomic E-state index is 0.185. The molecule has 1 heterocycles. The van der Waals surface area contributed by atoms with Crippen molar-refractivity contribution in [2.24, 2.45) is 11.1 Å². The lowest BCUT2D eigenvalue weighted by atomic mass is 9.73. The molecule has 7 heteroatoms. The summed E-state index contributed by atoms with van der Waals surface area (Å²) in [6.07, 6.45) is -4.07. The third-order valence-corrected chi connectivity index (χ3v) is 5.81. The Labute approximate surface area is 181 Å². The monoisotopic (exact) mass is 434 g/mol. The summed E-state index contributed by atoms with van der Waals surface area (Å²) in [6.45, 7) is 11.3. The van der Waals surface area contributed by atoms with Gasteiger partial charge in [0, 0.05) is 18.8 Å². The lowest BCUT2D eigenvalue weighted by molar-refractivity contribution is -0.274. The van der Waals surface area contributed by atoms with Gasteiger partial charge in [-0.2, -0.15) is 0 Å². The van der Waals surface area contributed by atoms with Crippen LogP contribution in [0.25, 0.3) is 0 Å². The number of primary amides is 1. The van der Waals surface area contributed by atoms with Crippen LogP contribution in [0.4, 0.5) is 18.9 Å². The number of rotatable bonds is 4. The van der Waals surface area contributed by atoms with Crippen LogP contribution in [0.15, 0.2) is 30.3 Å². The Balaban J connectivity index is 1.88. The first-order chi connectivity index (χ1) is 14.3. The second-order valence-corrected chi connectivity index (χ2v) is 9.34. The second kappa shape index (κ2) is 8.09. The Hall–Kier alpha value is -2.70. The van der Waals surface area contributed by atoms with Crippen LogP contribution in [0.3, 0.4) is 0 Å². The number of carbonyl (C=O) groups is 1. The maximum absolute atomic E-state index is 12.5. The number of alkyl halides is 3. The minimum atomic E-state index is -4.69. The van der Waals surface area contributed by atoms with Crippen molar-refractivity contribution in [1.29, 1.82) is 0 Å². The van der Waals surface area contributed by atoms with E-state index in [0.29, 0.717) is 19.5 Å². The number of benzene rings is 2. The third-order valence-electron chi connectivity index (χ3n) is 5.81. The SMILES string of the molecule is Cc1cc(N2CCc3cc(OC(F)(F)F)ccc3C2)cc(C)c1C(C(N)=O)C(C)(C)C. The predicted molar refractivity (Wildman–Crippen MR) is 115 cm³/mol. The maximum Gasteiger partial charge on any atom is 0.573 e. The summed E-state index contributed by atoms with van der Waals surface area (Å²) < 4.78 is 41.5. The molecule has 0 saturated heterocycles. The van der Waals surface area contributed by atoms with Crippen LogP contribution < -0.4 is 15.4 Å². The topological polar surface area (TPSA) is 55.6 Å². The number of ether oxygens (including phenoxy) is 1. The van der Waals surface area contributed by atoms with Crippen LogP contribution in [0.1, 0.15) is 54.5 Å². The number of halogens is 3. The molecule has 0 saturated carbocycles. The average molecular weight is 435 g/mol. The van der Waals surface area contributed by atoms with Gasteiger partial charge in [-0.3, -0.25) is 4.79 Å². The van der Waals surface area contributed by atoms with Crippen LogP contribution in [-0.2, 0) is 17.8 Å². The molecule has 1 atom stereocenters. The van der Waals surface area contributed by atoms with E-state index in [2.05, 4.69) is 21.8 Å². The van der Waals surface area contributed by atoms with E-state index in [4.69, 9.17) is 5.73 Å². The minimum Gasteiger partial charge on any atom is -0.406 e. The van der Waals surface area contributed by atoms with Crippen molar-refractivity contribution in [2.45, 2.75) is 59.9 Å². The molecule has 1 unspecified atom stereocenters. The molecule has 1 amide bonds. The fraction of sp³-hybridized carbons (Fsp3) is 0.458. The molecule has 2 aromatic rings. The molecule has 0 bridgehead atoms. The van der Waals surface area contributed by atoms with Crippen molar-refractivity contribution in [3.63, 3.8) is 0 Å². The van der Waals surface area contributed by atoms with Crippen LogP contribution in [0, 0.1) is 19.3 Å². The van der Waals surface area contributed by atoms with Crippen molar-refractivity contribution in [2.75, 3.05) is 11.4 Å². The smallest absolute Gasteiger partial charge is 0.406 e. The zero-order valence-electron chi connectivity index (χ0n) is 18.6. The van der Waals surface area contributed by atoms with Crippen molar-refractivity contribution in [3.8, 4) is 5.75 Å².